The van der Waals surface area contributed by atoms with Gasteiger partial charge in [0.05, 0.1) is 10.7 Å². The third-order valence-corrected chi connectivity index (χ3v) is 4.78. The first-order chi connectivity index (χ1) is 9.08. The van der Waals surface area contributed by atoms with E-state index in [-0.39, 0.29) is 0 Å². The van der Waals surface area contributed by atoms with Gasteiger partial charge in [0.15, 0.2) is 0 Å². The summed E-state index contributed by atoms with van der Waals surface area (Å²) in [7, 11) is 0. The molecule has 1 aromatic heterocycles. The standard InChI is InChI=1S/C14H22ClN3S/c1-10(2)16-8-13-12(15)4-5-14(17-13)18-6-7-19-9-11(18)3/h4-5,10-11,16H,6-9H2,1-3H3. The molecule has 1 saturated heterocycles. The van der Waals surface area contributed by atoms with Crippen molar-refractivity contribution in [3.8, 4) is 0 Å². The van der Waals surface area contributed by atoms with Gasteiger partial charge in [0, 0.05) is 36.7 Å². The highest BCUT2D eigenvalue weighted by molar-refractivity contribution is 7.99. The molecule has 0 aromatic carbocycles. The zero-order chi connectivity index (χ0) is 13.8. The molecule has 1 aliphatic heterocycles. The summed E-state index contributed by atoms with van der Waals surface area (Å²) in [6.45, 7) is 8.30. The molecule has 0 amide bonds. The molecular weight excluding hydrogens is 278 g/mol. The predicted molar refractivity (Wildman–Crippen MR) is 85.4 cm³/mol. The van der Waals surface area contributed by atoms with Gasteiger partial charge in [-0.05, 0) is 19.1 Å². The Morgan fingerprint density at radius 2 is 2.32 bits per heavy atom. The molecule has 1 fully saturated rings. The molecule has 2 rings (SSSR count). The van der Waals surface area contributed by atoms with Gasteiger partial charge < -0.3 is 10.2 Å². The summed E-state index contributed by atoms with van der Waals surface area (Å²) in [5.74, 6) is 3.40. The van der Waals surface area contributed by atoms with E-state index in [9.17, 15) is 0 Å². The third kappa shape index (κ3) is 4.01. The number of pyridine rings is 1. The van der Waals surface area contributed by atoms with Gasteiger partial charge in [-0.2, -0.15) is 11.8 Å². The highest BCUT2D eigenvalue weighted by Gasteiger charge is 2.20. The minimum atomic E-state index is 0.437. The van der Waals surface area contributed by atoms with Crippen LogP contribution in [0.3, 0.4) is 0 Å². The van der Waals surface area contributed by atoms with Crippen LogP contribution in [0.2, 0.25) is 5.02 Å². The van der Waals surface area contributed by atoms with E-state index in [2.05, 4.69) is 31.0 Å². The monoisotopic (exact) mass is 299 g/mol. The van der Waals surface area contributed by atoms with Crippen molar-refractivity contribution < 1.29 is 0 Å². The van der Waals surface area contributed by atoms with Gasteiger partial charge in [0.2, 0.25) is 0 Å². The van der Waals surface area contributed by atoms with Crippen molar-refractivity contribution in [1.29, 1.82) is 0 Å². The largest absolute Gasteiger partial charge is 0.352 e. The Kier molecular flexibility index (Phi) is 5.37. The van der Waals surface area contributed by atoms with Crippen molar-refractivity contribution in [1.82, 2.24) is 10.3 Å². The molecule has 1 atom stereocenters. The van der Waals surface area contributed by atoms with Gasteiger partial charge >= 0.3 is 0 Å². The summed E-state index contributed by atoms with van der Waals surface area (Å²) in [6, 6.07) is 4.98. The van der Waals surface area contributed by atoms with E-state index in [1.165, 1.54) is 11.5 Å². The molecule has 1 aromatic rings. The van der Waals surface area contributed by atoms with Crippen LogP contribution >= 0.6 is 23.4 Å². The van der Waals surface area contributed by atoms with Gasteiger partial charge in [-0.15, -0.1) is 0 Å². The van der Waals surface area contributed by atoms with Gasteiger partial charge in [0.25, 0.3) is 0 Å². The van der Waals surface area contributed by atoms with Crippen LogP contribution in [0.15, 0.2) is 12.1 Å². The van der Waals surface area contributed by atoms with E-state index < -0.39 is 0 Å². The van der Waals surface area contributed by atoms with Crippen LogP contribution in [0.4, 0.5) is 5.82 Å². The van der Waals surface area contributed by atoms with Crippen molar-refractivity contribution in [3.63, 3.8) is 0 Å². The first kappa shape index (κ1) is 14.9. The quantitative estimate of drug-likeness (QED) is 0.924. The predicted octanol–water partition coefficient (Wildman–Crippen LogP) is 3.17. The highest BCUT2D eigenvalue weighted by Crippen LogP contribution is 2.25. The molecular formula is C14H22ClN3S. The zero-order valence-electron chi connectivity index (χ0n) is 11.8. The molecule has 1 aliphatic rings. The first-order valence-corrected chi connectivity index (χ1v) is 8.34. The Hall–Kier alpha value is -0.450. The Balaban J connectivity index is 2.15. The number of anilines is 1. The van der Waals surface area contributed by atoms with Crippen LogP contribution in [0, 0.1) is 0 Å². The number of nitrogens with one attached hydrogen (secondary N) is 1. The van der Waals surface area contributed by atoms with Crippen LogP contribution in [0.5, 0.6) is 0 Å². The molecule has 5 heteroatoms. The highest BCUT2D eigenvalue weighted by atomic mass is 35.5. The van der Waals surface area contributed by atoms with Gasteiger partial charge in [-0.25, -0.2) is 4.98 Å². The van der Waals surface area contributed by atoms with Crippen molar-refractivity contribution in [3.05, 3.63) is 22.8 Å². The molecule has 0 aliphatic carbocycles. The maximum Gasteiger partial charge on any atom is 0.129 e. The summed E-state index contributed by atoms with van der Waals surface area (Å²) in [6.07, 6.45) is 0. The van der Waals surface area contributed by atoms with E-state index >= 15 is 0 Å². The molecule has 0 spiro atoms. The van der Waals surface area contributed by atoms with Crippen LogP contribution in [0.25, 0.3) is 0 Å². The second-order valence-electron chi connectivity index (χ2n) is 5.25. The Morgan fingerprint density at radius 3 is 3.00 bits per heavy atom. The third-order valence-electron chi connectivity index (χ3n) is 3.24. The summed E-state index contributed by atoms with van der Waals surface area (Å²) in [5, 5.41) is 4.12. The Labute approximate surface area is 125 Å². The Morgan fingerprint density at radius 1 is 1.53 bits per heavy atom. The minimum absolute atomic E-state index is 0.437. The molecule has 1 N–H and O–H groups in total. The van der Waals surface area contributed by atoms with E-state index in [0.29, 0.717) is 12.1 Å². The normalized spacial score (nSPS) is 20.1. The molecule has 0 radical (unpaired) electrons. The minimum Gasteiger partial charge on any atom is -0.352 e. The number of hydrogen-bond donors (Lipinski definition) is 1. The average molecular weight is 300 g/mol. The van der Waals surface area contributed by atoms with Gasteiger partial charge in [-0.1, -0.05) is 25.4 Å². The lowest BCUT2D eigenvalue weighted by atomic mass is 10.2. The smallest absolute Gasteiger partial charge is 0.129 e. The fourth-order valence-corrected chi connectivity index (χ4v) is 3.31. The summed E-state index contributed by atoms with van der Waals surface area (Å²) < 4.78 is 0. The van der Waals surface area contributed by atoms with Gasteiger partial charge in [0.1, 0.15) is 5.82 Å². The van der Waals surface area contributed by atoms with E-state index in [1.807, 2.05) is 23.9 Å². The average Bonchev–Trinajstić information content (AvgIpc) is 2.38. The van der Waals surface area contributed by atoms with E-state index in [4.69, 9.17) is 16.6 Å². The van der Waals surface area contributed by atoms with E-state index in [0.717, 1.165) is 29.6 Å². The van der Waals surface area contributed by atoms with Crippen LogP contribution in [-0.4, -0.2) is 35.1 Å². The topological polar surface area (TPSA) is 28.2 Å². The van der Waals surface area contributed by atoms with Gasteiger partial charge in [-0.3, -0.25) is 0 Å². The van der Waals surface area contributed by atoms with Crippen molar-refractivity contribution in [2.45, 2.75) is 39.4 Å². The lowest BCUT2D eigenvalue weighted by Gasteiger charge is -2.34. The number of aromatic nitrogens is 1. The summed E-state index contributed by atoms with van der Waals surface area (Å²) >= 11 is 8.24. The SMILES string of the molecule is CC(C)NCc1nc(N2CCSCC2C)ccc1Cl. The van der Waals surface area contributed by atoms with Crippen LogP contribution in [-0.2, 0) is 6.54 Å². The summed E-state index contributed by atoms with van der Waals surface area (Å²) in [5.41, 5.74) is 0.943. The van der Waals surface area contributed by atoms with Crippen molar-refractivity contribution in [2.24, 2.45) is 0 Å². The number of hydrogen-bond acceptors (Lipinski definition) is 4. The molecule has 19 heavy (non-hydrogen) atoms. The molecule has 0 bridgehead atoms. The number of nitrogens with zero attached hydrogens (tertiary/aromatic N) is 2. The molecule has 3 nitrogen and oxygen atoms in total. The second-order valence-corrected chi connectivity index (χ2v) is 6.81. The first-order valence-electron chi connectivity index (χ1n) is 6.81. The lowest BCUT2D eigenvalue weighted by Crippen LogP contribution is -2.41. The fraction of sp³-hybridized carbons (Fsp3) is 0.643. The van der Waals surface area contributed by atoms with Crippen molar-refractivity contribution in [2.75, 3.05) is 23.0 Å². The number of halogens is 1. The maximum absolute atomic E-state index is 6.23. The van der Waals surface area contributed by atoms with Crippen molar-refractivity contribution >= 4 is 29.2 Å². The molecule has 106 valence electrons. The number of rotatable bonds is 4. The molecule has 0 saturated carbocycles. The second kappa shape index (κ2) is 6.82. The maximum atomic E-state index is 6.23. The number of thioether (sulfide) groups is 1. The lowest BCUT2D eigenvalue weighted by molar-refractivity contribution is 0.580. The molecule has 1 unspecified atom stereocenters. The van der Waals surface area contributed by atoms with Crippen LogP contribution < -0.4 is 10.2 Å². The Bertz CT molecular complexity index is 425. The van der Waals surface area contributed by atoms with Crippen LogP contribution in [0.1, 0.15) is 26.5 Å². The molecule has 2 heterocycles. The van der Waals surface area contributed by atoms with E-state index in [1.54, 1.807) is 0 Å². The fourth-order valence-electron chi connectivity index (χ4n) is 2.13. The zero-order valence-corrected chi connectivity index (χ0v) is 13.4. The summed E-state index contributed by atoms with van der Waals surface area (Å²) in [4.78, 5) is 7.12.